The number of carbonyl (C=O) groups excluding carboxylic acids is 2. The minimum Gasteiger partial charge on any atom is -0.313 e. The van der Waals surface area contributed by atoms with E-state index in [9.17, 15) is 9.59 Å². The van der Waals surface area contributed by atoms with Crippen LogP contribution in [-0.4, -0.2) is 31.3 Å². The van der Waals surface area contributed by atoms with Crippen molar-refractivity contribution >= 4 is 29.0 Å². The van der Waals surface area contributed by atoms with Gasteiger partial charge in [0, 0.05) is 13.1 Å². The Kier molecular flexibility index (Phi) is 4.02. The van der Waals surface area contributed by atoms with Gasteiger partial charge in [-0.05, 0) is 24.3 Å². The molecule has 0 spiro atoms. The number of ketones is 1. The zero-order valence-corrected chi connectivity index (χ0v) is 11.5. The summed E-state index contributed by atoms with van der Waals surface area (Å²) in [5, 5.41) is 3.45. The molecular formula is C14H15ClN2O2. The van der Waals surface area contributed by atoms with Gasteiger partial charge in [0.2, 0.25) is 0 Å². The van der Waals surface area contributed by atoms with Gasteiger partial charge in [-0.2, -0.15) is 0 Å². The van der Waals surface area contributed by atoms with Crippen LogP contribution in [0.25, 0.3) is 0 Å². The van der Waals surface area contributed by atoms with E-state index >= 15 is 0 Å². The standard InChI is InChI=1S/C14H15ClN2O2/c1-3-16-7-9(2)8-17-11-6-4-5-10(15)12(11)13(18)14(17)19/h4-6,16H,2-3,7-8H2,1H3. The maximum atomic E-state index is 12.0. The number of Topliss-reactive ketones (excluding diaryl/α,β-unsaturated/α-hetero) is 1. The number of benzene rings is 1. The molecule has 0 atom stereocenters. The van der Waals surface area contributed by atoms with E-state index in [0.717, 1.165) is 12.1 Å². The minimum absolute atomic E-state index is 0.297. The third kappa shape index (κ3) is 2.55. The number of likely N-dealkylation sites (N-methyl/N-ethyl adjacent to an activating group) is 1. The maximum Gasteiger partial charge on any atom is 0.299 e. The van der Waals surface area contributed by atoms with Crippen molar-refractivity contribution in [2.75, 3.05) is 24.5 Å². The Morgan fingerprint density at radius 1 is 1.42 bits per heavy atom. The first-order valence-corrected chi connectivity index (χ1v) is 6.46. The Morgan fingerprint density at radius 2 is 2.16 bits per heavy atom. The second kappa shape index (κ2) is 5.55. The average molecular weight is 279 g/mol. The Bertz CT molecular complexity index is 554. The lowest BCUT2D eigenvalue weighted by Gasteiger charge is -2.18. The van der Waals surface area contributed by atoms with E-state index in [1.54, 1.807) is 18.2 Å². The number of halogens is 1. The van der Waals surface area contributed by atoms with Crippen LogP contribution in [0.15, 0.2) is 30.4 Å². The Morgan fingerprint density at radius 3 is 2.84 bits per heavy atom. The fraction of sp³-hybridized carbons (Fsp3) is 0.286. The zero-order chi connectivity index (χ0) is 14.0. The number of fused-ring (bicyclic) bond motifs is 1. The van der Waals surface area contributed by atoms with Crippen LogP contribution >= 0.6 is 11.6 Å². The first-order valence-electron chi connectivity index (χ1n) is 6.08. The van der Waals surface area contributed by atoms with Crippen LogP contribution in [0.2, 0.25) is 5.02 Å². The molecule has 0 saturated carbocycles. The van der Waals surface area contributed by atoms with Gasteiger partial charge in [0.25, 0.3) is 11.7 Å². The molecule has 0 unspecified atom stereocenters. The molecular weight excluding hydrogens is 264 g/mol. The summed E-state index contributed by atoms with van der Waals surface area (Å²) < 4.78 is 0. The molecule has 100 valence electrons. The molecule has 4 nitrogen and oxygen atoms in total. The van der Waals surface area contributed by atoms with Gasteiger partial charge in [-0.25, -0.2) is 0 Å². The molecule has 0 saturated heterocycles. The monoisotopic (exact) mass is 278 g/mol. The van der Waals surface area contributed by atoms with Gasteiger partial charge in [0.1, 0.15) is 0 Å². The van der Waals surface area contributed by atoms with Crippen molar-refractivity contribution in [1.82, 2.24) is 5.32 Å². The normalized spacial score (nSPS) is 13.9. The first-order chi connectivity index (χ1) is 9.06. The van der Waals surface area contributed by atoms with Crippen molar-refractivity contribution in [3.8, 4) is 0 Å². The highest BCUT2D eigenvalue weighted by molar-refractivity contribution is 6.55. The fourth-order valence-electron chi connectivity index (χ4n) is 2.04. The van der Waals surface area contributed by atoms with E-state index in [2.05, 4.69) is 11.9 Å². The second-order valence-electron chi connectivity index (χ2n) is 4.38. The van der Waals surface area contributed by atoms with Gasteiger partial charge in [-0.3, -0.25) is 9.59 Å². The van der Waals surface area contributed by atoms with Crippen molar-refractivity contribution in [3.63, 3.8) is 0 Å². The third-order valence-corrected chi connectivity index (χ3v) is 3.27. The van der Waals surface area contributed by atoms with Crippen molar-refractivity contribution in [1.29, 1.82) is 0 Å². The summed E-state index contributed by atoms with van der Waals surface area (Å²) in [6, 6.07) is 5.07. The molecule has 0 radical (unpaired) electrons. The zero-order valence-electron chi connectivity index (χ0n) is 10.7. The van der Waals surface area contributed by atoms with Gasteiger partial charge in [-0.1, -0.05) is 31.2 Å². The number of anilines is 1. The summed E-state index contributed by atoms with van der Waals surface area (Å²) in [4.78, 5) is 25.3. The molecule has 0 fully saturated rings. The van der Waals surface area contributed by atoms with E-state index in [-0.39, 0.29) is 0 Å². The summed E-state index contributed by atoms with van der Waals surface area (Å²) in [5.74, 6) is -1.09. The molecule has 5 heteroatoms. The quantitative estimate of drug-likeness (QED) is 0.662. The van der Waals surface area contributed by atoms with Crippen molar-refractivity contribution in [2.45, 2.75) is 6.92 Å². The summed E-state index contributed by atoms with van der Waals surface area (Å²) in [7, 11) is 0. The summed E-state index contributed by atoms with van der Waals surface area (Å²) >= 11 is 5.98. The van der Waals surface area contributed by atoms with E-state index in [0.29, 0.717) is 29.4 Å². The Labute approximate surface area is 117 Å². The highest BCUT2D eigenvalue weighted by Gasteiger charge is 2.37. The van der Waals surface area contributed by atoms with E-state index in [1.165, 1.54) is 4.90 Å². The molecule has 0 aliphatic carbocycles. The number of hydrogen-bond acceptors (Lipinski definition) is 3. The number of amides is 1. The fourth-order valence-corrected chi connectivity index (χ4v) is 2.30. The summed E-state index contributed by atoms with van der Waals surface area (Å²) in [6.45, 7) is 7.67. The average Bonchev–Trinajstić information content (AvgIpc) is 2.63. The molecule has 1 aliphatic rings. The molecule has 1 aliphatic heterocycles. The summed E-state index contributed by atoms with van der Waals surface area (Å²) in [6.07, 6.45) is 0. The van der Waals surface area contributed by atoms with Crippen LogP contribution in [0.1, 0.15) is 17.3 Å². The SMILES string of the molecule is C=C(CNCC)CN1C(=O)C(=O)c2c(Cl)cccc21. The lowest BCUT2D eigenvalue weighted by molar-refractivity contribution is -0.114. The van der Waals surface area contributed by atoms with E-state index < -0.39 is 11.7 Å². The largest absolute Gasteiger partial charge is 0.313 e. The highest BCUT2D eigenvalue weighted by atomic mass is 35.5. The molecule has 1 heterocycles. The number of carbonyl (C=O) groups is 2. The van der Waals surface area contributed by atoms with Gasteiger partial charge in [0.15, 0.2) is 0 Å². The van der Waals surface area contributed by atoms with E-state index in [1.807, 2.05) is 6.92 Å². The van der Waals surface area contributed by atoms with Crippen LogP contribution in [0.4, 0.5) is 5.69 Å². The predicted molar refractivity (Wildman–Crippen MR) is 75.8 cm³/mol. The second-order valence-corrected chi connectivity index (χ2v) is 4.79. The van der Waals surface area contributed by atoms with Gasteiger partial charge in [0.05, 0.1) is 16.3 Å². The van der Waals surface area contributed by atoms with Crippen LogP contribution < -0.4 is 10.2 Å². The smallest absolute Gasteiger partial charge is 0.299 e. The van der Waals surface area contributed by atoms with Crippen LogP contribution in [0.5, 0.6) is 0 Å². The first kappa shape index (κ1) is 13.8. The highest BCUT2D eigenvalue weighted by Crippen LogP contribution is 2.34. The van der Waals surface area contributed by atoms with Crippen molar-refractivity contribution in [3.05, 3.63) is 40.9 Å². The van der Waals surface area contributed by atoms with Crippen LogP contribution in [0.3, 0.4) is 0 Å². The van der Waals surface area contributed by atoms with Gasteiger partial charge >= 0.3 is 0 Å². The lowest BCUT2D eigenvalue weighted by atomic mass is 10.1. The molecule has 0 aromatic heterocycles. The molecule has 2 rings (SSSR count). The Balaban J connectivity index is 2.24. The van der Waals surface area contributed by atoms with Crippen LogP contribution in [-0.2, 0) is 4.79 Å². The molecule has 19 heavy (non-hydrogen) atoms. The Hall–Kier alpha value is -1.65. The maximum absolute atomic E-state index is 12.0. The number of hydrogen-bond donors (Lipinski definition) is 1. The number of nitrogens with one attached hydrogen (secondary N) is 1. The van der Waals surface area contributed by atoms with Gasteiger partial charge in [-0.15, -0.1) is 0 Å². The summed E-state index contributed by atoms with van der Waals surface area (Å²) in [5.41, 5.74) is 1.71. The van der Waals surface area contributed by atoms with Crippen LogP contribution in [0, 0.1) is 0 Å². The third-order valence-electron chi connectivity index (χ3n) is 2.96. The minimum atomic E-state index is -0.545. The van der Waals surface area contributed by atoms with Gasteiger partial charge < -0.3 is 10.2 Å². The molecule has 1 N–H and O–H groups in total. The number of rotatable bonds is 5. The van der Waals surface area contributed by atoms with E-state index in [4.69, 9.17) is 11.6 Å². The number of nitrogens with zero attached hydrogens (tertiary/aromatic N) is 1. The lowest BCUT2D eigenvalue weighted by Crippen LogP contribution is -2.33. The topological polar surface area (TPSA) is 49.4 Å². The molecule has 1 aromatic carbocycles. The predicted octanol–water partition coefficient (Wildman–Crippen LogP) is 2.04. The molecule has 1 amide bonds. The molecule has 0 bridgehead atoms. The van der Waals surface area contributed by atoms with Crippen molar-refractivity contribution < 1.29 is 9.59 Å². The molecule has 1 aromatic rings. The van der Waals surface area contributed by atoms with Crippen molar-refractivity contribution in [2.24, 2.45) is 0 Å².